The number of benzene rings is 1. The number of piperidine rings is 1. The van der Waals surface area contributed by atoms with Crippen molar-refractivity contribution in [3.05, 3.63) is 42.5 Å². The van der Waals surface area contributed by atoms with Crippen LogP contribution in [0, 0.1) is 5.92 Å². The zero-order chi connectivity index (χ0) is 17.2. The number of nitrogens with zero attached hydrogens (tertiary/aromatic N) is 5. The van der Waals surface area contributed by atoms with Gasteiger partial charge in [0.2, 0.25) is 0 Å². The summed E-state index contributed by atoms with van der Waals surface area (Å²) in [6, 6.07) is 14.3. The van der Waals surface area contributed by atoms with E-state index in [1.54, 1.807) is 0 Å². The minimum absolute atomic E-state index is 0.200. The molecule has 130 valence electrons. The second-order valence-electron chi connectivity index (χ2n) is 6.77. The molecule has 25 heavy (non-hydrogen) atoms. The second-order valence-corrected chi connectivity index (χ2v) is 6.77. The molecule has 3 aromatic rings. The maximum atomic E-state index is 9.61. The Hall–Kier alpha value is -2.47. The number of fused-ring (bicyclic) bond motifs is 1. The highest BCUT2D eigenvalue weighted by atomic mass is 16.3. The fourth-order valence-corrected chi connectivity index (χ4v) is 3.65. The molecule has 1 N–H and O–H groups in total. The Morgan fingerprint density at radius 2 is 1.96 bits per heavy atom. The lowest BCUT2D eigenvalue weighted by molar-refractivity contribution is 0.200. The van der Waals surface area contributed by atoms with E-state index >= 15 is 0 Å². The van der Waals surface area contributed by atoms with Gasteiger partial charge in [0.1, 0.15) is 5.82 Å². The number of aliphatic hydroxyl groups excluding tert-OH is 1. The first-order chi connectivity index (χ1) is 12.3. The molecule has 1 fully saturated rings. The van der Waals surface area contributed by atoms with Crippen molar-refractivity contribution in [1.29, 1.82) is 0 Å². The van der Waals surface area contributed by atoms with Gasteiger partial charge in [-0.05, 0) is 37.3 Å². The van der Waals surface area contributed by atoms with Crippen LogP contribution in [0.4, 0.5) is 5.82 Å². The lowest BCUT2D eigenvalue weighted by Crippen LogP contribution is -2.45. The summed E-state index contributed by atoms with van der Waals surface area (Å²) in [4.78, 5) is 2.33. The van der Waals surface area contributed by atoms with E-state index in [1.165, 1.54) is 6.42 Å². The van der Waals surface area contributed by atoms with Crippen LogP contribution >= 0.6 is 0 Å². The third-order valence-corrected chi connectivity index (χ3v) is 5.07. The lowest BCUT2D eigenvalue weighted by atomic mass is 9.92. The molecule has 2 atom stereocenters. The summed E-state index contributed by atoms with van der Waals surface area (Å²) in [6.45, 7) is 3.28. The highest BCUT2D eigenvalue weighted by Gasteiger charge is 2.28. The first kappa shape index (κ1) is 16.0. The van der Waals surface area contributed by atoms with E-state index in [-0.39, 0.29) is 12.5 Å². The molecule has 4 rings (SSSR count). The van der Waals surface area contributed by atoms with E-state index in [2.05, 4.69) is 22.0 Å². The first-order valence-corrected chi connectivity index (χ1v) is 8.93. The van der Waals surface area contributed by atoms with Crippen LogP contribution in [-0.4, -0.2) is 44.1 Å². The van der Waals surface area contributed by atoms with Gasteiger partial charge in [-0.3, -0.25) is 0 Å². The molecule has 0 amide bonds. The van der Waals surface area contributed by atoms with Crippen LogP contribution in [0.25, 0.3) is 17.0 Å². The molecular formula is C19H23N5O. The molecule has 0 saturated carbocycles. The summed E-state index contributed by atoms with van der Waals surface area (Å²) < 4.78 is 1.82. The molecule has 1 aliphatic rings. The van der Waals surface area contributed by atoms with Gasteiger partial charge in [0.05, 0.1) is 0 Å². The first-order valence-electron chi connectivity index (χ1n) is 8.93. The van der Waals surface area contributed by atoms with Gasteiger partial charge >= 0.3 is 0 Å². The third kappa shape index (κ3) is 2.98. The zero-order valence-electron chi connectivity index (χ0n) is 14.4. The smallest absolute Gasteiger partial charge is 0.185 e. The van der Waals surface area contributed by atoms with Gasteiger partial charge in [0.25, 0.3) is 0 Å². The monoisotopic (exact) mass is 337 g/mol. The molecule has 1 aliphatic heterocycles. The van der Waals surface area contributed by atoms with Gasteiger partial charge in [0, 0.05) is 24.8 Å². The van der Waals surface area contributed by atoms with Crippen LogP contribution in [0.15, 0.2) is 42.5 Å². The summed E-state index contributed by atoms with van der Waals surface area (Å²) in [5, 5.41) is 23.0. The molecule has 2 unspecified atom stereocenters. The standard InChI is InChI=1S/C19H23N5O/c1-14(13-25)16-9-5-6-12-23(16)18-11-10-17-20-21-19(24(17)22-18)15-7-3-2-4-8-15/h2-4,7-8,10-11,14,16,25H,5-6,9,12-13H2,1H3. The molecule has 6 nitrogen and oxygen atoms in total. The Bertz CT molecular complexity index is 847. The predicted octanol–water partition coefficient (Wildman–Crippen LogP) is 2.78. The van der Waals surface area contributed by atoms with Gasteiger partial charge in [-0.2, -0.15) is 4.52 Å². The van der Waals surface area contributed by atoms with E-state index in [0.717, 1.165) is 42.2 Å². The number of aromatic nitrogens is 4. The van der Waals surface area contributed by atoms with Crippen LogP contribution in [0.5, 0.6) is 0 Å². The molecule has 6 heteroatoms. The number of rotatable bonds is 4. The summed E-state index contributed by atoms with van der Waals surface area (Å²) in [5.74, 6) is 1.91. The van der Waals surface area contributed by atoms with Crippen LogP contribution < -0.4 is 4.90 Å². The molecule has 1 saturated heterocycles. The van der Waals surface area contributed by atoms with Crippen molar-refractivity contribution >= 4 is 11.5 Å². The topological polar surface area (TPSA) is 66.5 Å². The number of hydrogen-bond acceptors (Lipinski definition) is 5. The number of hydrogen-bond donors (Lipinski definition) is 1. The average Bonchev–Trinajstić information content (AvgIpc) is 3.11. The molecule has 0 radical (unpaired) electrons. The maximum Gasteiger partial charge on any atom is 0.185 e. The van der Waals surface area contributed by atoms with Crippen LogP contribution in [0.2, 0.25) is 0 Å². The maximum absolute atomic E-state index is 9.61. The van der Waals surface area contributed by atoms with Gasteiger partial charge in [-0.1, -0.05) is 37.3 Å². The molecule has 0 spiro atoms. The van der Waals surface area contributed by atoms with Crippen molar-refractivity contribution in [3.63, 3.8) is 0 Å². The van der Waals surface area contributed by atoms with Crippen molar-refractivity contribution in [1.82, 2.24) is 19.8 Å². The van der Waals surface area contributed by atoms with Gasteiger partial charge in [-0.25, -0.2) is 0 Å². The van der Waals surface area contributed by atoms with E-state index < -0.39 is 0 Å². The van der Waals surface area contributed by atoms with Crippen LogP contribution in [0.3, 0.4) is 0 Å². The van der Waals surface area contributed by atoms with Gasteiger partial charge in [-0.15, -0.1) is 15.3 Å². The average molecular weight is 337 g/mol. The number of anilines is 1. The minimum Gasteiger partial charge on any atom is -0.396 e. The lowest BCUT2D eigenvalue weighted by Gasteiger charge is -2.39. The van der Waals surface area contributed by atoms with E-state index in [4.69, 9.17) is 5.10 Å². The molecule has 2 aromatic heterocycles. The molecule has 3 heterocycles. The predicted molar refractivity (Wildman–Crippen MR) is 97.5 cm³/mol. The van der Waals surface area contributed by atoms with Gasteiger partial charge in [0.15, 0.2) is 11.5 Å². The fourth-order valence-electron chi connectivity index (χ4n) is 3.65. The minimum atomic E-state index is 0.200. The summed E-state index contributed by atoms with van der Waals surface area (Å²) in [5.41, 5.74) is 1.74. The van der Waals surface area contributed by atoms with Crippen LogP contribution in [0.1, 0.15) is 26.2 Å². The van der Waals surface area contributed by atoms with Crippen molar-refractivity contribution < 1.29 is 5.11 Å². The SMILES string of the molecule is CC(CO)C1CCCCN1c1ccc2nnc(-c3ccccc3)n2n1. The van der Waals surface area contributed by atoms with Crippen LogP contribution in [-0.2, 0) is 0 Å². The van der Waals surface area contributed by atoms with Gasteiger partial charge < -0.3 is 10.0 Å². The Labute approximate surface area is 147 Å². The zero-order valence-corrected chi connectivity index (χ0v) is 14.4. The molecular weight excluding hydrogens is 314 g/mol. The normalized spacial score (nSPS) is 19.3. The highest BCUT2D eigenvalue weighted by molar-refractivity contribution is 5.59. The van der Waals surface area contributed by atoms with Crippen molar-refractivity contribution in [3.8, 4) is 11.4 Å². The summed E-state index contributed by atoms with van der Waals surface area (Å²) in [7, 11) is 0. The quantitative estimate of drug-likeness (QED) is 0.793. The fraction of sp³-hybridized carbons (Fsp3) is 0.421. The Kier molecular flexibility index (Phi) is 4.36. The molecule has 1 aromatic carbocycles. The molecule has 0 aliphatic carbocycles. The van der Waals surface area contributed by atoms with E-state index in [1.807, 2.05) is 47.0 Å². The summed E-state index contributed by atoms with van der Waals surface area (Å²) >= 11 is 0. The number of aliphatic hydroxyl groups is 1. The highest BCUT2D eigenvalue weighted by Crippen LogP contribution is 2.28. The van der Waals surface area contributed by atoms with Crippen molar-refractivity contribution in [2.75, 3.05) is 18.1 Å². The van der Waals surface area contributed by atoms with E-state index in [0.29, 0.717) is 6.04 Å². The van der Waals surface area contributed by atoms with Crippen molar-refractivity contribution in [2.45, 2.75) is 32.2 Å². The van der Waals surface area contributed by atoms with E-state index in [9.17, 15) is 5.11 Å². The third-order valence-electron chi connectivity index (χ3n) is 5.07. The Morgan fingerprint density at radius 1 is 1.12 bits per heavy atom. The largest absolute Gasteiger partial charge is 0.396 e. The Balaban J connectivity index is 1.75. The molecule has 0 bridgehead atoms. The summed E-state index contributed by atoms with van der Waals surface area (Å²) in [6.07, 6.45) is 3.45. The Morgan fingerprint density at radius 3 is 2.76 bits per heavy atom. The second kappa shape index (κ2) is 6.80. The van der Waals surface area contributed by atoms with Crippen molar-refractivity contribution in [2.24, 2.45) is 5.92 Å².